The second-order valence-corrected chi connectivity index (χ2v) is 8.47. The standard InChI is InChI=1S/C20H27BrN4O5/c1-10(2)7-15(18(22)28)23-19(29)11-8-14(17(27)16(26)9-11)25-20(30)24-13-6-4-3-5-12(13)21/h3-6,8,10,14-17,26-27H,7,9H2,1-2H3,(H2,22,28)(H,23,29)(H2,24,25,30)/t14-,15-,16-,17-/m1/s1. The molecule has 0 aliphatic heterocycles. The number of benzene rings is 1. The zero-order chi connectivity index (χ0) is 22.4. The van der Waals surface area contributed by atoms with Crippen LogP contribution in [0.25, 0.3) is 0 Å². The number of hydrogen-bond donors (Lipinski definition) is 6. The second kappa shape index (κ2) is 10.6. The van der Waals surface area contributed by atoms with Crippen LogP contribution in [0.2, 0.25) is 0 Å². The van der Waals surface area contributed by atoms with E-state index in [1.165, 1.54) is 6.08 Å². The Morgan fingerprint density at radius 1 is 1.23 bits per heavy atom. The van der Waals surface area contributed by atoms with Gasteiger partial charge in [0.15, 0.2) is 0 Å². The van der Waals surface area contributed by atoms with Gasteiger partial charge in [-0.25, -0.2) is 4.79 Å². The van der Waals surface area contributed by atoms with Gasteiger partial charge in [0.1, 0.15) is 12.1 Å². The lowest BCUT2D eigenvalue weighted by Crippen LogP contribution is -2.53. The van der Waals surface area contributed by atoms with E-state index in [1.54, 1.807) is 24.3 Å². The molecule has 4 atom stereocenters. The maximum absolute atomic E-state index is 12.6. The summed E-state index contributed by atoms with van der Waals surface area (Å²) < 4.78 is 0.669. The lowest BCUT2D eigenvalue weighted by Gasteiger charge is -2.31. The zero-order valence-electron chi connectivity index (χ0n) is 16.8. The number of urea groups is 1. The zero-order valence-corrected chi connectivity index (χ0v) is 18.3. The summed E-state index contributed by atoms with van der Waals surface area (Å²) in [5.74, 6) is -1.11. The van der Waals surface area contributed by atoms with Gasteiger partial charge >= 0.3 is 6.03 Å². The van der Waals surface area contributed by atoms with Crippen molar-refractivity contribution in [2.75, 3.05) is 5.32 Å². The maximum atomic E-state index is 12.6. The highest BCUT2D eigenvalue weighted by Crippen LogP contribution is 2.23. The minimum absolute atomic E-state index is 0.121. The number of halogens is 1. The van der Waals surface area contributed by atoms with Gasteiger partial charge in [-0.15, -0.1) is 0 Å². The summed E-state index contributed by atoms with van der Waals surface area (Å²) in [6.45, 7) is 3.79. The number of nitrogens with one attached hydrogen (secondary N) is 3. The SMILES string of the molecule is CC(C)C[C@@H](NC(=O)C1=C[C@@H](NC(=O)Nc2ccccc2Br)[C@@H](O)[C@H](O)C1)C(N)=O. The maximum Gasteiger partial charge on any atom is 0.319 e. The van der Waals surface area contributed by atoms with Crippen molar-refractivity contribution in [1.82, 2.24) is 10.6 Å². The van der Waals surface area contributed by atoms with Gasteiger partial charge in [-0.2, -0.15) is 0 Å². The molecule has 4 amide bonds. The molecule has 0 unspecified atom stereocenters. The van der Waals surface area contributed by atoms with Crippen molar-refractivity contribution in [3.8, 4) is 0 Å². The van der Waals surface area contributed by atoms with Crippen molar-refractivity contribution in [2.45, 2.75) is 51.0 Å². The lowest BCUT2D eigenvalue weighted by atomic mass is 9.89. The van der Waals surface area contributed by atoms with Crippen LogP contribution in [0.5, 0.6) is 0 Å². The highest BCUT2D eigenvalue weighted by molar-refractivity contribution is 9.10. The summed E-state index contributed by atoms with van der Waals surface area (Å²) in [6.07, 6.45) is -0.935. The van der Waals surface area contributed by atoms with E-state index in [2.05, 4.69) is 31.9 Å². The molecule has 0 radical (unpaired) electrons. The van der Waals surface area contributed by atoms with E-state index in [0.717, 1.165) is 0 Å². The van der Waals surface area contributed by atoms with Gasteiger partial charge in [-0.05, 0) is 40.4 Å². The smallest absolute Gasteiger partial charge is 0.319 e. The Balaban J connectivity index is 2.10. The van der Waals surface area contributed by atoms with Crippen LogP contribution in [0.4, 0.5) is 10.5 Å². The lowest BCUT2D eigenvalue weighted by molar-refractivity contribution is -0.126. The summed E-state index contributed by atoms with van der Waals surface area (Å²) >= 11 is 3.32. The predicted octanol–water partition coefficient (Wildman–Crippen LogP) is 1.01. The number of carbonyl (C=O) groups excluding carboxylic acids is 3. The van der Waals surface area contributed by atoms with Crippen molar-refractivity contribution in [3.05, 3.63) is 40.4 Å². The molecule has 2 rings (SSSR count). The molecule has 0 aromatic heterocycles. The number of anilines is 1. The van der Waals surface area contributed by atoms with Crippen molar-refractivity contribution in [2.24, 2.45) is 11.7 Å². The molecule has 7 N–H and O–H groups in total. The number of aliphatic hydroxyl groups excluding tert-OH is 2. The van der Waals surface area contributed by atoms with Crippen LogP contribution >= 0.6 is 15.9 Å². The minimum Gasteiger partial charge on any atom is -0.390 e. The molecule has 1 aromatic carbocycles. The highest BCUT2D eigenvalue weighted by atomic mass is 79.9. The number of rotatable bonds is 7. The van der Waals surface area contributed by atoms with E-state index in [0.29, 0.717) is 16.6 Å². The monoisotopic (exact) mass is 482 g/mol. The largest absolute Gasteiger partial charge is 0.390 e. The van der Waals surface area contributed by atoms with Crippen molar-refractivity contribution < 1.29 is 24.6 Å². The van der Waals surface area contributed by atoms with Crippen LogP contribution in [0.15, 0.2) is 40.4 Å². The molecule has 0 bridgehead atoms. The van der Waals surface area contributed by atoms with Gasteiger partial charge in [0.25, 0.3) is 0 Å². The van der Waals surface area contributed by atoms with Gasteiger partial charge in [0.2, 0.25) is 11.8 Å². The van der Waals surface area contributed by atoms with Gasteiger partial charge < -0.3 is 31.9 Å². The van der Waals surface area contributed by atoms with Gasteiger partial charge in [-0.1, -0.05) is 32.1 Å². The first-order valence-electron chi connectivity index (χ1n) is 9.57. The third-order valence-corrected chi connectivity index (χ3v) is 5.33. The molecule has 1 aromatic rings. The summed E-state index contributed by atoms with van der Waals surface area (Å²) in [4.78, 5) is 36.5. The normalized spacial score (nSPS) is 22.1. The minimum atomic E-state index is -1.30. The molecular formula is C20H27BrN4O5. The Hall–Kier alpha value is -2.43. The third kappa shape index (κ3) is 6.54. The Kier molecular flexibility index (Phi) is 8.39. The molecule has 10 heteroatoms. The van der Waals surface area contributed by atoms with E-state index < -0.39 is 42.1 Å². The summed E-state index contributed by atoms with van der Waals surface area (Å²) in [7, 11) is 0. The van der Waals surface area contributed by atoms with E-state index >= 15 is 0 Å². The number of primary amides is 1. The van der Waals surface area contributed by atoms with Crippen LogP contribution < -0.4 is 21.7 Å². The number of aliphatic hydroxyl groups is 2. The molecule has 0 spiro atoms. The molecular weight excluding hydrogens is 456 g/mol. The third-order valence-electron chi connectivity index (χ3n) is 4.64. The highest BCUT2D eigenvalue weighted by Gasteiger charge is 2.34. The van der Waals surface area contributed by atoms with Crippen LogP contribution in [0.3, 0.4) is 0 Å². The average molecular weight is 483 g/mol. The fourth-order valence-corrected chi connectivity index (χ4v) is 3.49. The molecule has 0 fully saturated rings. The summed E-state index contributed by atoms with van der Waals surface area (Å²) in [5, 5.41) is 28.1. The van der Waals surface area contributed by atoms with Crippen molar-refractivity contribution in [1.29, 1.82) is 0 Å². The van der Waals surface area contributed by atoms with Gasteiger partial charge in [-0.3, -0.25) is 9.59 Å². The molecule has 0 heterocycles. The van der Waals surface area contributed by atoms with Gasteiger partial charge in [0.05, 0.1) is 17.8 Å². The molecule has 1 aliphatic rings. The van der Waals surface area contributed by atoms with Crippen molar-refractivity contribution in [3.63, 3.8) is 0 Å². The Bertz CT molecular complexity index is 829. The van der Waals surface area contributed by atoms with Gasteiger partial charge in [0, 0.05) is 16.5 Å². The van der Waals surface area contributed by atoms with E-state index in [-0.39, 0.29) is 17.9 Å². The first kappa shape index (κ1) is 23.8. The predicted molar refractivity (Wildman–Crippen MR) is 115 cm³/mol. The van der Waals surface area contributed by atoms with E-state index in [4.69, 9.17) is 5.73 Å². The number of para-hydroxylation sites is 1. The van der Waals surface area contributed by atoms with Crippen LogP contribution in [0.1, 0.15) is 26.7 Å². The summed E-state index contributed by atoms with van der Waals surface area (Å²) in [5.41, 5.74) is 6.02. The van der Waals surface area contributed by atoms with E-state index in [1.807, 2.05) is 13.8 Å². The van der Waals surface area contributed by atoms with Crippen LogP contribution in [-0.2, 0) is 9.59 Å². The van der Waals surface area contributed by atoms with Crippen LogP contribution in [-0.4, -0.2) is 52.4 Å². The first-order chi connectivity index (χ1) is 14.1. The molecule has 0 saturated heterocycles. The molecule has 0 saturated carbocycles. The number of hydrogen-bond acceptors (Lipinski definition) is 5. The summed E-state index contributed by atoms with van der Waals surface area (Å²) in [6, 6.07) is 4.49. The second-order valence-electron chi connectivity index (χ2n) is 7.62. The number of nitrogens with two attached hydrogens (primary N) is 1. The first-order valence-corrected chi connectivity index (χ1v) is 10.4. The van der Waals surface area contributed by atoms with Crippen molar-refractivity contribution >= 4 is 39.5 Å². The Labute approximate surface area is 183 Å². The Morgan fingerprint density at radius 3 is 2.50 bits per heavy atom. The molecule has 30 heavy (non-hydrogen) atoms. The fraction of sp³-hybridized carbons (Fsp3) is 0.450. The fourth-order valence-electron chi connectivity index (χ4n) is 3.11. The number of carbonyl (C=O) groups is 3. The molecule has 9 nitrogen and oxygen atoms in total. The average Bonchev–Trinajstić information content (AvgIpc) is 2.66. The van der Waals surface area contributed by atoms with Crippen LogP contribution in [0, 0.1) is 5.92 Å². The van der Waals surface area contributed by atoms with E-state index in [9.17, 15) is 24.6 Å². The number of amides is 4. The Morgan fingerprint density at radius 2 is 1.90 bits per heavy atom. The molecule has 164 valence electrons. The molecule has 1 aliphatic carbocycles. The topological polar surface area (TPSA) is 154 Å². The quantitative estimate of drug-likeness (QED) is 0.342.